The standard InChI is InChI=1S/C14H18O3S/c1-2-18-12-5-3-11(4-6-12)14(9-17-10-14)8-7-13(15)16/h3-6H,2,7-10H2,1H3,(H,15,16). The number of ether oxygens (including phenoxy) is 1. The van der Waals surface area contributed by atoms with Gasteiger partial charge in [0.15, 0.2) is 0 Å². The number of carboxylic acid groups (broad SMARTS) is 1. The van der Waals surface area contributed by atoms with Crippen LogP contribution < -0.4 is 0 Å². The van der Waals surface area contributed by atoms with Crippen LogP contribution >= 0.6 is 11.8 Å². The molecule has 2 rings (SSSR count). The Morgan fingerprint density at radius 1 is 1.39 bits per heavy atom. The molecule has 1 aliphatic heterocycles. The van der Waals surface area contributed by atoms with Gasteiger partial charge >= 0.3 is 5.97 Å². The summed E-state index contributed by atoms with van der Waals surface area (Å²) >= 11 is 1.81. The Bertz CT molecular complexity index is 410. The largest absolute Gasteiger partial charge is 0.481 e. The molecule has 0 spiro atoms. The molecule has 18 heavy (non-hydrogen) atoms. The first kappa shape index (κ1) is 13.4. The van der Waals surface area contributed by atoms with E-state index in [-0.39, 0.29) is 11.8 Å². The number of hydrogen-bond acceptors (Lipinski definition) is 3. The molecule has 0 saturated carbocycles. The van der Waals surface area contributed by atoms with Crippen molar-refractivity contribution in [2.45, 2.75) is 30.1 Å². The molecule has 3 nitrogen and oxygen atoms in total. The van der Waals surface area contributed by atoms with Gasteiger partial charge in [-0.15, -0.1) is 11.8 Å². The van der Waals surface area contributed by atoms with Crippen LogP contribution in [0.2, 0.25) is 0 Å². The minimum atomic E-state index is -0.737. The normalized spacial score (nSPS) is 17.2. The summed E-state index contributed by atoms with van der Waals surface area (Å²) in [5, 5.41) is 8.81. The number of rotatable bonds is 6. The van der Waals surface area contributed by atoms with E-state index in [1.165, 1.54) is 10.5 Å². The highest BCUT2D eigenvalue weighted by Crippen LogP contribution is 2.37. The van der Waals surface area contributed by atoms with E-state index in [0.29, 0.717) is 19.6 Å². The summed E-state index contributed by atoms with van der Waals surface area (Å²) in [4.78, 5) is 12.0. The van der Waals surface area contributed by atoms with E-state index in [2.05, 4.69) is 31.2 Å². The third-order valence-electron chi connectivity index (χ3n) is 3.35. The zero-order valence-corrected chi connectivity index (χ0v) is 11.3. The molecule has 1 aromatic carbocycles. The fraction of sp³-hybridized carbons (Fsp3) is 0.500. The van der Waals surface area contributed by atoms with E-state index in [1.807, 2.05) is 11.8 Å². The second-order valence-electron chi connectivity index (χ2n) is 4.62. The maximum atomic E-state index is 10.7. The zero-order valence-electron chi connectivity index (χ0n) is 10.5. The molecule has 0 amide bonds. The highest BCUT2D eigenvalue weighted by Gasteiger charge is 2.40. The zero-order chi connectivity index (χ0) is 13.0. The molecule has 4 heteroatoms. The van der Waals surface area contributed by atoms with Gasteiger partial charge in [-0.1, -0.05) is 19.1 Å². The Morgan fingerprint density at radius 2 is 2.06 bits per heavy atom. The Labute approximate surface area is 112 Å². The molecule has 0 aliphatic carbocycles. The lowest BCUT2D eigenvalue weighted by Crippen LogP contribution is -2.47. The Kier molecular flexibility index (Phi) is 4.30. The fourth-order valence-electron chi connectivity index (χ4n) is 2.22. The highest BCUT2D eigenvalue weighted by atomic mass is 32.2. The molecule has 0 unspecified atom stereocenters. The fourth-order valence-corrected chi connectivity index (χ4v) is 2.88. The lowest BCUT2D eigenvalue weighted by molar-refractivity contribution is -0.139. The van der Waals surface area contributed by atoms with Gasteiger partial charge in [-0.2, -0.15) is 0 Å². The van der Waals surface area contributed by atoms with Crippen molar-refractivity contribution in [3.05, 3.63) is 29.8 Å². The average molecular weight is 266 g/mol. The summed E-state index contributed by atoms with van der Waals surface area (Å²) in [6, 6.07) is 8.46. The van der Waals surface area contributed by atoms with Crippen LogP contribution in [0.3, 0.4) is 0 Å². The van der Waals surface area contributed by atoms with Gasteiger partial charge in [0, 0.05) is 16.7 Å². The summed E-state index contributed by atoms with van der Waals surface area (Å²) in [6.07, 6.45) is 0.859. The number of aliphatic carboxylic acids is 1. The number of carbonyl (C=O) groups is 1. The first-order valence-corrected chi connectivity index (χ1v) is 7.18. The Hall–Kier alpha value is -1.00. The summed E-state index contributed by atoms with van der Waals surface area (Å²) < 4.78 is 5.30. The highest BCUT2D eigenvalue weighted by molar-refractivity contribution is 7.99. The molecule has 0 bridgehead atoms. The van der Waals surface area contributed by atoms with Gasteiger partial charge in [-0.05, 0) is 29.9 Å². The van der Waals surface area contributed by atoms with E-state index < -0.39 is 5.97 Å². The maximum Gasteiger partial charge on any atom is 0.303 e. The van der Waals surface area contributed by atoms with Crippen molar-refractivity contribution in [1.29, 1.82) is 0 Å². The van der Waals surface area contributed by atoms with Crippen LogP contribution in [0.5, 0.6) is 0 Å². The van der Waals surface area contributed by atoms with E-state index in [4.69, 9.17) is 9.84 Å². The third-order valence-corrected chi connectivity index (χ3v) is 4.25. The topological polar surface area (TPSA) is 46.5 Å². The van der Waals surface area contributed by atoms with E-state index in [0.717, 1.165) is 5.75 Å². The molecule has 1 aliphatic rings. The van der Waals surface area contributed by atoms with Gasteiger partial charge in [-0.3, -0.25) is 4.79 Å². The monoisotopic (exact) mass is 266 g/mol. The Morgan fingerprint density at radius 3 is 2.50 bits per heavy atom. The lowest BCUT2D eigenvalue weighted by atomic mass is 9.75. The van der Waals surface area contributed by atoms with Crippen molar-refractivity contribution >= 4 is 17.7 Å². The van der Waals surface area contributed by atoms with E-state index >= 15 is 0 Å². The predicted molar refractivity (Wildman–Crippen MR) is 72.2 cm³/mol. The second-order valence-corrected chi connectivity index (χ2v) is 5.96. The van der Waals surface area contributed by atoms with Crippen LogP contribution in [-0.4, -0.2) is 30.0 Å². The minimum absolute atomic E-state index is 0.0756. The van der Waals surface area contributed by atoms with Crippen molar-refractivity contribution in [2.75, 3.05) is 19.0 Å². The van der Waals surface area contributed by atoms with Crippen molar-refractivity contribution in [3.63, 3.8) is 0 Å². The van der Waals surface area contributed by atoms with Gasteiger partial charge in [0.25, 0.3) is 0 Å². The number of benzene rings is 1. The SMILES string of the molecule is CCSc1ccc(C2(CCC(=O)O)COC2)cc1. The average Bonchev–Trinajstić information content (AvgIpc) is 2.30. The first-order chi connectivity index (χ1) is 8.66. The van der Waals surface area contributed by atoms with E-state index in [1.54, 1.807) is 0 Å². The lowest BCUT2D eigenvalue weighted by Gasteiger charge is -2.42. The number of hydrogen-bond donors (Lipinski definition) is 1. The second kappa shape index (κ2) is 5.76. The number of carboxylic acids is 1. The molecule has 0 atom stereocenters. The molecule has 0 radical (unpaired) electrons. The summed E-state index contributed by atoms with van der Waals surface area (Å²) in [5.74, 6) is 0.325. The summed E-state index contributed by atoms with van der Waals surface area (Å²) in [5.41, 5.74) is 1.13. The first-order valence-electron chi connectivity index (χ1n) is 6.19. The molecule has 1 heterocycles. The van der Waals surface area contributed by atoms with Crippen molar-refractivity contribution in [3.8, 4) is 0 Å². The van der Waals surface area contributed by atoms with Crippen LogP contribution in [0, 0.1) is 0 Å². The number of thioether (sulfide) groups is 1. The van der Waals surface area contributed by atoms with Crippen molar-refractivity contribution < 1.29 is 14.6 Å². The predicted octanol–water partition coefficient (Wildman–Crippen LogP) is 2.93. The molecule has 1 aromatic rings. The third kappa shape index (κ3) is 2.87. The van der Waals surface area contributed by atoms with Crippen LogP contribution in [0.4, 0.5) is 0 Å². The molecule has 98 valence electrons. The Balaban J connectivity index is 2.09. The molecule has 0 aromatic heterocycles. The smallest absolute Gasteiger partial charge is 0.303 e. The van der Waals surface area contributed by atoms with Crippen molar-refractivity contribution in [1.82, 2.24) is 0 Å². The quantitative estimate of drug-likeness (QED) is 0.804. The van der Waals surface area contributed by atoms with E-state index in [9.17, 15) is 4.79 Å². The summed E-state index contributed by atoms with van der Waals surface area (Å²) in [7, 11) is 0. The van der Waals surface area contributed by atoms with Gasteiger partial charge in [0.2, 0.25) is 0 Å². The van der Waals surface area contributed by atoms with Crippen LogP contribution in [0.15, 0.2) is 29.2 Å². The minimum Gasteiger partial charge on any atom is -0.481 e. The molecule has 1 fully saturated rings. The summed E-state index contributed by atoms with van der Waals surface area (Å²) in [6.45, 7) is 3.41. The molecule has 1 saturated heterocycles. The molecular weight excluding hydrogens is 248 g/mol. The van der Waals surface area contributed by atoms with Crippen LogP contribution in [-0.2, 0) is 14.9 Å². The van der Waals surface area contributed by atoms with Gasteiger partial charge in [-0.25, -0.2) is 0 Å². The van der Waals surface area contributed by atoms with Gasteiger partial charge in [0.05, 0.1) is 13.2 Å². The molecular formula is C14H18O3S. The van der Waals surface area contributed by atoms with Crippen LogP contribution in [0.25, 0.3) is 0 Å². The van der Waals surface area contributed by atoms with Gasteiger partial charge in [0.1, 0.15) is 0 Å². The van der Waals surface area contributed by atoms with Crippen LogP contribution in [0.1, 0.15) is 25.3 Å². The van der Waals surface area contributed by atoms with Crippen molar-refractivity contribution in [2.24, 2.45) is 0 Å². The maximum absolute atomic E-state index is 10.7. The molecule has 1 N–H and O–H groups in total. The van der Waals surface area contributed by atoms with Gasteiger partial charge < -0.3 is 9.84 Å².